The van der Waals surface area contributed by atoms with E-state index in [9.17, 15) is 24.9 Å². The molecule has 1 saturated carbocycles. The van der Waals surface area contributed by atoms with E-state index in [4.69, 9.17) is 14.2 Å². The van der Waals surface area contributed by atoms with Gasteiger partial charge in [-0.1, -0.05) is 55.9 Å². The topological polar surface area (TPSA) is 123 Å². The van der Waals surface area contributed by atoms with Crippen molar-refractivity contribution in [2.24, 2.45) is 35.0 Å². The van der Waals surface area contributed by atoms with E-state index in [1.165, 1.54) is 14.2 Å². The number of ether oxygens (including phenoxy) is 3. The minimum atomic E-state index is -1.03. The van der Waals surface area contributed by atoms with Gasteiger partial charge in [-0.05, 0) is 64.7 Å². The van der Waals surface area contributed by atoms with Gasteiger partial charge in [0.1, 0.15) is 6.79 Å². The molecular weight excluding hydrogens is 512 g/mol. The third-order valence-electron chi connectivity index (χ3n) is 8.79. The van der Waals surface area contributed by atoms with Gasteiger partial charge in [0.05, 0.1) is 36.4 Å². The number of fused-ring (bicyclic) bond motifs is 1. The zero-order chi connectivity index (χ0) is 30.0. The predicted molar refractivity (Wildman–Crippen MR) is 154 cm³/mol. The molecule has 0 aromatic rings. The SMILES string of the molecule is COCO[C@@H](/C(=C/CCC[C@@H](C)O)C(=O)OC)[C@@H](C)/C=C/C=C/[C@H]1C(C)=C[C@H]2[C@H](O)[C@@H](C)CC[C@@H]2[C@@]1(C)C(=O)O. The third-order valence-corrected chi connectivity index (χ3v) is 8.79. The summed E-state index contributed by atoms with van der Waals surface area (Å²) in [6.45, 7) is 9.45. The summed E-state index contributed by atoms with van der Waals surface area (Å²) in [7, 11) is 2.85. The van der Waals surface area contributed by atoms with Crippen LogP contribution in [0.2, 0.25) is 0 Å². The van der Waals surface area contributed by atoms with Crippen LogP contribution in [0.4, 0.5) is 0 Å². The first-order valence-electron chi connectivity index (χ1n) is 14.4. The Labute approximate surface area is 239 Å². The normalized spacial score (nSPS) is 31.5. The maximum atomic E-state index is 12.7. The first-order valence-corrected chi connectivity index (χ1v) is 14.4. The highest BCUT2D eigenvalue weighted by molar-refractivity contribution is 5.89. The number of allylic oxidation sites excluding steroid dienone is 5. The van der Waals surface area contributed by atoms with Gasteiger partial charge in [-0.2, -0.15) is 0 Å². The lowest BCUT2D eigenvalue weighted by molar-refractivity contribution is -0.160. The molecule has 0 unspecified atom stereocenters. The molecule has 0 aliphatic heterocycles. The Bertz CT molecular complexity index is 964. The zero-order valence-electron chi connectivity index (χ0n) is 25.2. The quantitative estimate of drug-likeness (QED) is 0.0670. The van der Waals surface area contributed by atoms with Gasteiger partial charge >= 0.3 is 11.9 Å². The number of aliphatic hydroxyl groups excluding tert-OH is 2. The van der Waals surface area contributed by atoms with E-state index in [-0.39, 0.29) is 36.4 Å². The van der Waals surface area contributed by atoms with Crippen molar-refractivity contribution in [1.29, 1.82) is 0 Å². The molecular formula is C32H50O8. The fourth-order valence-corrected chi connectivity index (χ4v) is 6.38. The van der Waals surface area contributed by atoms with E-state index >= 15 is 0 Å². The van der Waals surface area contributed by atoms with Crippen LogP contribution in [-0.4, -0.2) is 66.6 Å². The number of unbranched alkanes of at least 4 members (excludes halogenated alkanes) is 1. The number of hydrogen-bond acceptors (Lipinski definition) is 7. The average molecular weight is 563 g/mol. The molecule has 2 rings (SSSR count). The standard InChI is InChI=1S/C32H50O8/c1-20-16-17-27-25(28(20)34)18-22(3)26(32(27,5)31(36)37)15-11-8-12-21(2)29(40-19-38-6)24(30(35)39-7)14-10-9-13-23(4)33/h8,11-12,14-15,18,20-21,23,25-29,33-34H,9-10,13,16-17,19H2,1-7H3,(H,36,37)/b12-8+,15-11+,24-14-/t20-,21-,23+,25+,26-,27-,28+,29+,32-/m0/s1. The zero-order valence-corrected chi connectivity index (χ0v) is 25.2. The van der Waals surface area contributed by atoms with E-state index in [1.807, 2.05) is 52.0 Å². The summed E-state index contributed by atoms with van der Waals surface area (Å²) < 4.78 is 16.0. The van der Waals surface area contributed by atoms with Crippen LogP contribution < -0.4 is 0 Å². The van der Waals surface area contributed by atoms with Gasteiger partial charge in [0.25, 0.3) is 0 Å². The molecule has 226 valence electrons. The average Bonchev–Trinajstić information content (AvgIpc) is 2.90. The van der Waals surface area contributed by atoms with Gasteiger partial charge in [-0.15, -0.1) is 0 Å². The molecule has 0 saturated heterocycles. The van der Waals surface area contributed by atoms with Crippen molar-refractivity contribution in [1.82, 2.24) is 0 Å². The highest BCUT2D eigenvalue weighted by atomic mass is 16.7. The van der Waals surface area contributed by atoms with Crippen LogP contribution in [0, 0.1) is 35.0 Å². The van der Waals surface area contributed by atoms with Crippen LogP contribution >= 0.6 is 0 Å². The largest absolute Gasteiger partial charge is 0.481 e. The smallest absolute Gasteiger partial charge is 0.336 e. The second kappa shape index (κ2) is 15.7. The number of aliphatic hydroxyl groups is 2. The number of carboxylic acid groups (broad SMARTS) is 1. The summed E-state index contributed by atoms with van der Waals surface area (Å²) in [5.74, 6) is -2.02. The number of hydrogen-bond donors (Lipinski definition) is 3. The Morgan fingerprint density at radius 3 is 2.50 bits per heavy atom. The molecule has 9 atom stereocenters. The van der Waals surface area contributed by atoms with Crippen molar-refractivity contribution in [3.8, 4) is 0 Å². The molecule has 0 aromatic carbocycles. The molecule has 0 amide bonds. The molecule has 2 aliphatic rings. The fraction of sp³-hybridized carbons (Fsp3) is 0.688. The molecule has 2 aliphatic carbocycles. The number of esters is 1. The number of carboxylic acids is 1. The first-order chi connectivity index (χ1) is 18.9. The van der Waals surface area contributed by atoms with Crippen molar-refractivity contribution < 1.29 is 39.1 Å². The van der Waals surface area contributed by atoms with E-state index in [1.54, 1.807) is 13.0 Å². The Morgan fingerprint density at radius 2 is 1.90 bits per heavy atom. The number of carbonyl (C=O) groups excluding carboxylic acids is 1. The fourth-order valence-electron chi connectivity index (χ4n) is 6.38. The number of methoxy groups -OCH3 is 2. The summed E-state index contributed by atoms with van der Waals surface area (Å²) >= 11 is 0. The van der Waals surface area contributed by atoms with Crippen LogP contribution in [0.5, 0.6) is 0 Å². The van der Waals surface area contributed by atoms with E-state index in [0.717, 1.165) is 24.8 Å². The third kappa shape index (κ3) is 8.15. The summed E-state index contributed by atoms with van der Waals surface area (Å²) in [4.78, 5) is 25.3. The molecule has 0 aromatic heterocycles. The Balaban J connectivity index is 2.28. The van der Waals surface area contributed by atoms with Crippen molar-refractivity contribution in [2.45, 2.75) is 85.0 Å². The number of carbonyl (C=O) groups is 2. The second-order valence-corrected chi connectivity index (χ2v) is 11.8. The lowest BCUT2D eigenvalue weighted by Crippen LogP contribution is -2.53. The minimum absolute atomic E-state index is 0.00323. The molecule has 40 heavy (non-hydrogen) atoms. The van der Waals surface area contributed by atoms with Crippen molar-refractivity contribution >= 4 is 11.9 Å². The number of rotatable bonds is 14. The highest BCUT2D eigenvalue weighted by Gasteiger charge is 2.55. The van der Waals surface area contributed by atoms with Crippen LogP contribution in [-0.2, 0) is 23.8 Å². The van der Waals surface area contributed by atoms with Crippen LogP contribution in [0.25, 0.3) is 0 Å². The molecule has 8 heteroatoms. The van der Waals surface area contributed by atoms with Crippen molar-refractivity contribution in [3.05, 3.63) is 47.6 Å². The van der Waals surface area contributed by atoms with E-state index in [0.29, 0.717) is 18.4 Å². The lowest BCUT2D eigenvalue weighted by Gasteiger charge is -2.51. The van der Waals surface area contributed by atoms with Crippen LogP contribution in [0.3, 0.4) is 0 Å². The lowest BCUT2D eigenvalue weighted by atomic mass is 9.52. The minimum Gasteiger partial charge on any atom is -0.481 e. The molecule has 0 radical (unpaired) electrons. The van der Waals surface area contributed by atoms with Gasteiger partial charge in [-0.3, -0.25) is 4.79 Å². The molecule has 0 heterocycles. The Morgan fingerprint density at radius 1 is 1.20 bits per heavy atom. The summed E-state index contributed by atoms with van der Waals surface area (Å²) in [6, 6.07) is 0. The molecule has 0 bridgehead atoms. The first kappa shape index (κ1) is 33.9. The summed E-state index contributed by atoms with van der Waals surface area (Å²) in [5.41, 5.74) is 0.315. The molecule has 1 fully saturated rings. The van der Waals surface area contributed by atoms with Gasteiger partial charge < -0.3 is 29.5 Å². The maximum absolute atomic E-state index is 12.7. The molecule has 3 N–H and O–H groups in total. The summed E-state index contributed by atoms with van der Waals surface area (Å²) in [6.07, 6.45) is 13.4. The van der Waals surface area contributed by atoms with Gasteiger partial charge in [0.15, 0.2) is 0 Å². The Hall–Kier alpha value is -2.26. The molecule has 0 spiro atoms. The Kier molecular flexibility index (Phi) is 13.3. The van der Waals surface area contributed by atoms with Crippen molar-refractivity contribution in [3.63, 3.8) is 0 Å². The highest BCUT2D eigenvalue weighted by Crippen LogP contribution is 2.54. The number of aliphatic carboxylic acids is 1. The maximum Gasteiger partial charge on any atom is 0.336 e. The van der Waals surface area contributed by atoms with E-state index < -0.39 is 35.7 Å². The molecule has 8 nitrogen and oxygen atoms in total. The second-order valence-electron chi connectivity index (χ2n) is 11.8. The van der Waals surface area contributed by atoms with E-state index in [2.05, 4.69) is 6.08 Å². The van der Waals surface area contributed by atoms with Crippen LogP contribution in [0.15, 0.2) is 47.6 Å². The van der Waals surface area contributed by atoms with Gasteiger partial charge in [0, 0.05) is 24.9 Å². The summed E-state index contributed by atoms with van der Waals surface area (Å²) in [5, 5.41) is 30.8. The van der Waals surface area contributed by atoms with Crippen LogP contribution in [0.1, 0.15) is 66.7 Å². The predicted octanol–water partition coefficient (Wildman–Crippen LogP) is 5.06. The van der Waals surface area contributed by atoms with Gasteiger partial charge in [0.2, 0.25) is 0 Å². The van der Waals surface area contributed by atoms with Crippen molar-refractivity contribution in [2.75, 3.05) is 21.0 Å². The van der Waals surface area contributed by atoms with Gasteiger partial charge in [-0.25, -0.2) is 4.79 Å². The monoisotopic (exact) mass is 562 g/mol.